The summed E-state index contributed by atoms with van der Waals surface area (Å²) in [5.74, 6) is 2.61. The van der Waals surface area contributed by atoms with E-state index in [-0.39, 0.29) is 0 Å². The second kappa shape index (κ2) is 11.4. The molecule has 9 aromatic rings. The lowest BCUT2D eigenvalue weighted by Gasteiger charge is -2.27. The van der Waals surface area contributed by atoms with Crippen molar-refractivity contribution in [2.45, 2.75) is 0 Å². The summed E-state index contributed by atoms with van der Waals surface area (Å²) in [5.41, 5.74) is 9.97. The number of benzene rings is 7. The van der Waals surface area contributed by atoms with Gasteiger partial charge in [0, 0.05) is 22.3 Å². The van der Waals surface area contributed by atoms with Crippen LogP contribution in [0.5, 0.6) is 0 Å². The third kappa shape index (κ3) is 4.43. The predicted octanol–water partition coefficient (Wildman–Crippen LogP) is 10.8. The van der Waals surface area contributed by atoms with Gasteiger partial charge in [0.2, 0.25) is 5.95 Å². The highest BCUT2D eigenvalue weighted by Gasteiger charge is 2.31. The van der Waals surface area contributed by atoms with Crippen LogP contribution in [0.2, 0.25) is 0 Å². The van der Waals surface area contributed by atoms with Gasteiger partial charge in [0.25, 0.3) is 0 Å². The fourth-order valence-electron chi connectivity index (χ4n) is 7.14. The molecule has 50 heavy (non-hydrogen) atoms. The van der Waals surface area contributed by atoms with Crippen molar-refractivity contribution in [2.24, 2.45) is 0 Å². The van der Waals surface area contributed by atoms with E-state index in [4.69, 9.17) is 19.9 Å². The summed E-state index contributed by atoms with van der Waals surface area (Å²) in [7, 11) is 0. The molecule has 0 unspecified atom stereocenters. The van der Waals surface area contributed by atoms with Crippen molar-refractivity contribution in [3.05, 3.63) is 170 Å². The number of rotatable bonds is 4. The van der Waals surface area contributed by atoms with Crippen LogP contribution in [0.1, 0.15) is 0 Å². The number of anilines is 3. The highest BCUT2D eigenvalue weighted by Crippen LogP contribution is 2.50. The zero-order valence-corrected chi connectivity index (χ0v) is 26.8. The van der Waals surface area contributed by atoms with Crippen molar-refractivity contribution in [3.63, 3.8) is 0 Å². The van der Waals surface area contributed by atoms with E-state index in [2.05, 4.69) is 113 Å². The van der Waals surface area contributed by atoms with E-state index in [1.54, 1.807) is 0 Å². The summed E-state index contributed by atoms with van der Waals surface area (Å²) in [6, 6.07) is 58.5. The normalized spacial score (nSPS) is 12.0. The highest BCUT2D eigenvalue weighted by atomic mass is 15.3. The Morgan fingerprint density at radius 2 is 0.940 bits per heavy atom. The molecule has 10 rings (SSSR count). The molecule has 6 nitrogen and oxygen atoms in total. The molecule has 0 atom stereocenters. The first kappa shape index (κ1) is 28.1. The monoisotopic (exact) mass is 640 g/mol. The predicted molar refractivity (Wildman–Crippen MR) is 202 cm³/mol. The van der Waals surface area contributed by atoms with E-state index < -0.39 is 0 Å². The Balaban J connectivity index is 1.33. The number of nitrogens with zero attached hydrogens (tertiary/aromatic N) is 6. The SMILES string of the molecule is c1ccc(-c2nc(-c3ccccc3)nc(-c3c(N4c5ccccc5-c5ccccc5-n5c4nc4ccccc45)ccc4ccccc34)n2)cc1. The Morgan fingerprint density at radius 1 is 0.380 bits per heavy atom. The van der Waals surface area contributed by atoms with Crippen LogP contribution in [0.4, 0.5) is 17.3 Å². The smallest absolute Gasteiger partial charge is 0.220 e. The average Bonchev–Trinajstić information content (AvgIpc) is 3.52. The molecule has 0 radical (unpaired) electrons. The van der Waals surface area contributed by atoms with Gasteiger partial charge in [-0.25, -0.2) is 19.9 Å². The molecular weight excluding hydrogens is 613 g/mol. The first-order chi connectivity index (χ1) is 24.8. The first-order valence-corrected chi connectivity index (χ1v) is 16.7. The van der Waals surface area contributed by atoms with Crippen molar-refractivity contribution >= 4 is 39.1 Å². The molecule has 0 saturated heterocycles. The molecule has 0 N–H and O–H groups in total. The lowest BCUT2D eigenvalue weighted by atomic mass is 9.98. The third-order valence-electron chi connectivity index (χ3n) is 9.39. The van der Waals surface area contributed by atoms with Crippen LogP contribution in [0.25, 0.3) is 72.8 Å². The third-order valence-corrected chi connectivity index (χ3v) is 9.39. The van der Waals surface area contributed by atoms with Crippen molar-refractivity contribution < 1.29 is 0 Å². The molecule has 1 aliphatic rings. The number of para-hydroxylation sites is 4. The van der Waals surface area contributed by atoms with Crippen LogP contribution in [0, 0.1) is 0 Å². The maximum Gasteiger partial charge on any atom is 0.220 e. The van der Waals surface area contributed by atoms with E-state index in [0.29, 0.717) is 17.5 Å². The molecule has 0 amide bonds. The summed E-state index contributed by atoms with van der Waals surface area (Å²) in [5, 5.41) is 2.13. The fraction of sp³-hybridized carbons (Fsp3) is 0. The Hall–Kier alpha value is -6.92. The molecule has 1 aliphatic heterocycles. The highest BCUT2D eigenvalue weighted by molar-refractivity contribution is 6.06. The molecule has 0 fully saturated rings. The van der Waals surface area contributed by atoms with Gasteiger partial charge in [-0.1, -0.05) is 140 Å². The standard InChI is InChI=1S/C44H28N6/c1-3-16-30(17-4-1)41-46-42(31-18-5-2-6-19-31)48-43(47-41)40-32-20-8-7-15-29(32)27-28-39(40)50-37-25-13-10-22-34(37)33-21-9-12-24-36(33)49-38-26-14-11-23-35(38)45-44(49)50/h1-28H. The quantitative estimate of drug-likeness (QED) is 0.192. The topological polar surface area (TPSA) is 59.7 Å². The second-order valence-electron chi connectivity index (χ2n) is 12.3. The second-order valence-corrected chi connectivity index (χ2v) is 12.3. The van der Waals surface area contributed by atoms with Crippen molar-refractivity contribution in [3.8, 4) is 51.0 Å². The Bertz CT molecular complexity index is 2660. The largest absolute Gasteiger partial charge is 0.279 e. The molecule has 2 aromatic heterocycles. The minimum absolute atomic E-state index is 0.589. The molecule has 6 heteroatoms. The first-order valence-electron chi connectivity index (χ1n) is 16.7. The fourth-order valence-corrected chi connectivity index (χ4v) is 7.14. The summed E-state index contributed by atoms with van der Waals surface area (Å²) in [6.45, 7) is 0. The van der Waals surface area contributed by atoms with Crippen LogP contribution in [0.3, 0.4) is 0 Å². The van der Waals surface area contributed by atoms with Gasteiger partial charge in [0.15, 0.2) is 17.5 Å². The van der Waals surface area contributed by atoms with E-state index in [1.165, 1.54) is 0 Å². The number of hydrogen-bond acceptors (Lipinski definition) is 5. The molecule has 0 saturated carbocycles. The minimum atomic E-state index is 0.589. The number of hydrogen-bond donors (Lipinski definition) is 0. The van der Waals surface area contributed by atoms with Gasteiger partial charge in [0.05, 0.1) is 33.7 Å². The lowest BCUT2D eigenvalue weighted by molar-refractivity contribution is 1.04. The number of aromatic nitrogens is 5. The molecule has 0 spiro atoms. The molecule has 3 heterocycles. The maximum atomic E-state index is 5.35. The van der Waals surface area contributed by atoms with Crippen LogP contribution >= 0.6 is 0 Å². The zero-order chi connectivity index (χ0) is 33.0. The van der Waals surface area contributed by atoms with Gasteiger partial charge < -0.3 is 0 Å². The molecule has 0 bridgehead atoms. The summed E-state index contributed by atoms with van der Waals surface area (Å²) in [6.07, 6.45) is 0. The summed E-state index contributed by atoms with van der Waals surface area (Å²) >= 11 is 0. The van der Waals surface area contributed by atoms with E-state index >= 15 is 0 Å². The summed E-state index contributed by atoms with van der Waals surface area (Å²) in [4.78, 5) is 23.1. The number of imidazole rings is 1. The van der Waals surface area contributed by atoms with E-state index in [1.807, 2.05) is 66.7 Å². The van der Waals surface area contributed by atoms with Gasteiger partial charge in [-0.05, 0) is 41.1 Å². The Kier molecular flexibility index (Phi) is 6.39. The van der Waals surface area contributed by atoms with Gasteiger partial charge in [0.1, 0.15) is 0 Å². The minimum Gasteiger partial charge on any atom is -0.279 e. The van der Waals surface area contributed by atoms with Gasteiger partial charge >= 0.3 is 0 Å². The van der Waals surface area contributed by atoms with Crippen LogP contribution < -0.4 is 4.90 Å². The van der Waals surface area contributed by atoms with Crippen molar-refractivity contribution in [2.75, 3.05) is 4.90 Å². The maximum absolute atomic E-state index is 5.35. The van der Waals surface area contributed by atoms with Crippen molar-refractivity contribution in [1.29, 1.82) is 0 Å². The zero-order valence-electron chi connectivity index (χ0n) is 26.8. The van der Waals surface area contributed by atoms with Crippen molar-refractivity contribution in [1.82, 2.24) is 24.5 Å². The van der Waals surface area contributed by atoms with Gasteiger partial charge in [-0.2, -0.15) is 0 Å². The van der Waals surface area contributed by atoms with Crippen LogP contribution in [-0.4, -0.2) is 24.5 Å². The Morgan fingerprint density at radius 3 is 1.68 bits per heavy atom. The van der Waals surface area contributed by atoms with Crippen LogP contribution in [0.15, 0.2) is 170 Å². The van der Waals surface area contributed by atoms with Gasteiger partial charge in [-0.15, -0.1) is 0 Å². The van der Waals surface area contributed by atoms with Crippen LogP contribution in [-0.2, 0) is 0 Å². The van der Waals surface area contributed by atoms with Gasteiger partial charge in [-0.3, -0.25) is 9.47 Å². The molecule has 234 valence electrons. The average molecular weight is 641 g/mol. The Labute approximate surface area is 288 Å². The molecule has 7 aromatic carbocycles. The summed E-state index contributed by atoms with van der Waals surface area (Å²) < 4.78 is 2.28. The molecular formula is C44H28N6. The molecule has 0 aliphatic carbocycles. The lowest BCUT2D eigenvalue weighted by Crippen LogP contribution is -2.16. The number of fused-ring (bicyclic) bond motifs is 8. The van der Waals surface area contributed by atoms with E-state index in [9.17, 15) is 0 Å². The van der Waals surface area contributed by atoms with E-state index in [0.717, 1.165) is 72.6 Å².